The Morgan fingerprint density at radius 2 is 2.21 bits per heavy atom. The molecular formula is C16H19NOS. The lowest BCUT2D eigenvalue weighted by Crippen LogP contribution is -2.09. The second kappa shape index (κ2) is 5.35. The van der Waals surface area contributed by atoms with E-state index in [0.29, 0.717) is 0 Å². The molecule has 0 radical (unpaired) electrons. The highest BCUT2D eigenvalue weighted by molar-refractivity contribution is 7.12. The van der Waals surface area contributed by atoms with Crippen molar-refractivity contribution in [3.05, 3.63) is 51.2 Å². The normalized spacial score (nSPS) is 15.1. The van der Waals surface area contributed by atoms with E-state index in [1.807, 2.05) is 0 Å². The summed E-state index contributed by atoms with van der Waals surface area (Å²) in [4.78, 5) is 2.63. The first-order valence-corrected chi connectivity index (χ1v) is 7.60. The van der Waals surface area contributed by atoms with Crippen LogP contribution in [0.1, 0.15) is 33.3 Å². The SMILES string of the molecule is Cc1ccc(C(N)CCc2ccc3c(c2)CCO3)s1. The monoisotopic (exact) mass is 273 g/mol. The summed E-state index contributed by atoms with van der Waals surface area (Å²) in [5.74, 6) is 1.06. The molecule has 1 unspecified atom stereocenters. The molecule has 1 aromatic heterocycles. The number of hydrogen-bond acceptors (Lipinski definition) is 3. The first-order valence-electron chi connectivity index (χ1n) is 6.79. The van der Waals surface area contributed by atoms with E-state index in [2.05, 4.69) is 37.3 Å². The van der Waals surface area contributed by atoms with Gasteiger partial charge >= 0.3 is 0 Å². The van der Waals surface area contributed by atoms with Crippen molar-refractivity contribution < 1.29 is 4.74 Å². The number of benzene rings is 1. The van der Waals surface area contributed by atoms with Crippen molar-refractivity contribution in [1.29, 1.82) is 0 Å². The molecule has 100 valence electrons. The molecule has 3 rings (SSSR count). The zero-order chi connectivity index (χ0) is 13.2. The second-order valence-corrected chi connectivity index (χ2v) is 6.45. The molecule has 3 heteroatoms. The van der Waals surface area contributed by atoms with Crippen LogP contribution in [0.25, 0.3) is 0 Å². The van der Waals surface area contributed by atoms with Gasteiger partial charge < -0.3 is 10.5 Å². The van der Waals surface area contributed by atoms with E-state index < -0.39 is 0 Å². The quantitative estimate of drug-likeness (QED) is 0.923. The summed E-state index contributed by atoms with van der Waals surface area (Å²) in [6, 6.07) is 11.0. The zero-order valence-corrected chi connectivity index (χ0v) is 12.0. The van der Waals surface area contributed by atoms with Gasteiger partial charge in [0.05, 0.1) is 6.61 Å². The van der Waals surface area contributed by atoms with Crippen LogP contribution in [0.2, 0.25) is 0 Å². The van der Waals surface area contributed by atoms with Gasteiger partial charge in [0.25, 0.3) is 0 Å². The number of rotatable bonds is 4. The molecule has 1 aromatic carbocycles. The number of fused-ring (bicyclic) bond motifs is 1. The van der Waals surface area contributed by atoms with E-state index in [1.54, 1.807) is 11.3 Å². The lowest BCUT2D eigenvalue weighted by atomic mass is 10.0. The molecule has 19 heavy (non-hydrogen) atoms. The first kappa shape index (κ1) is 12.7. The number of ether oxygens (including phenoxy) is 1. The third-order valence-corrected chi connectivity index (χ3v) is 4.76. The molecular weight excluding hydrogens is 254 g/mol. The standard InChI is InChI=1S/C16H19NOS/c1-11-2-7-16(19-11)14(17)5-3-12-4-6-15-13(10-12)8-9-18-15/h2,4,6-7,10,14H,3,5,8-9,17H2,1H3. The number of hydrogen-bond donors (Lipinski definition) is 1. The van der Waals surface area contributed by atoms with Crippen LogP contribution in [-0.2, 0) is 12.8 Å². The van der Waals surface area contributed by atoms with Crippen LogP contribution < -0.4 is 10.5 Å². The molecule has 0 saturated carbocycles. The van der Waals surface area contributed by atoms with E-state index in [-0.39, 0.29) is 6.04 Å². The Morgan fingerprint density at radius 1 is 1.32 bits per heavy atom. The van der Waals surface area contributed by atoms with Gasteiger partial charge in [-0.05, 0) is 49.1 Å². The summed E-state index contributed by atoms with van der Waals surface area (Å²) in [5, 5.41) is 0. The molecule has 1 aliphatic heterocycles. The van der Waals surface area contributed by atoms with Gasteiger partial charge in [0.2, 0.25) is 0 Å². The predicted octanol–water partition coefficient (Wildman–Crippen LogP) is 3.62. The third kappa shape index (κ3) is 2.82. The Hall–Kier alpha value is -1.32. The van der Waals surface area contributed by atoms with Crippen molar-refractivity contribution in [1.82, 2.24) is 0 Å². The van der Waals surface area contributed by atoms with Gasteiger partial charge in [-0.25, -0.2) is 0 Å². The van der Waals surface area contributed by atoms with Gasteiger partial charge in [-0.1, -0.05) is 12.1 Å². The van der Waals surface area contributed by atoms with Crippen molar-refractivity contribution in [3.63, 3.8) is 0 Å². The van der Waals surface area contributed by atoms with Crippen molar-refractivity contribution in [3.8, 4) is 5.75 Å². The van der Waals surface area contributed by atoms with Crippen LogP contribution in [0.15, 0.2) is 30.3 Å². The lowest BCUT2D eigenvalue weighted by molar-refractivity contribution is 0.357. The van der Waals surface area contributed by atoms with E-state index >= 15 is 0 Å². The molecule has 0 saturated heterocycles. The molecule has 0 fully saturated rings. The highest BCUT2D eigenvalue weighted by Crippen LogP contribution is 2.28. The average molecular weight is 273 g/mol. The van der Waals surface area contributed by atoms with E-state index in [9.17, 15) is 0 Å². The Bertz CT molecular complexity index is 576. The van der Waals surface area contributed by atoms with Gasteiger partial charge in [0.1, 0.15) is 5.75 Å². The molecule has 1 atom stereocenters. The van der Waals surface area contributed by atoms with Crippen LogP contribution in [0.3, 0.4) is 0 Å². The topological polar surface area (TPSA) is 35.2 Å². The van der Waals surface area contributed by atoms with Crippen LogP contribution in [-0.4, -0.2) is 6.61 Å². The number of nitrogens with two attached hydrogens (primary N) is 1. The minimum atomic E-state index is 0.156. The molecule has 0 aliphatic carbocycles. The first-order chi connectivity index (χ1) is 9.22. The summed E-state index contributed by atoms with van der Waals surface area (Å²) in [6.07, 6.45) is 3.07. The Labute approximate surface area is 118 Å². The maximum atomic E-state index is 6.25. The van der Waals surface area contributed by atoms with E-state index in [0.717, 1.165) is 31.6 Å². The van der Waals surface area contributed by atoms with Gasteiger partial charge in [0, 0.05) is 22.2 Å². The highest BCUT2D eigenvalue weighted by Gasteiger charge is 2.13. The van der Waals surface area contributed by atoms with E-state index in [4.69, 9.17) is 10.5 Å². The second-order valence-electron chi connectivity index (χ2n) is 5.13. The molecule has 2 aromatic rings. The van der Waals surface area contributed by atoms with Crippen molar-refractivity contribution in [2.45, 2.75) is 32.2 Å². The minimum Gasteiger partial charge on any atom is -0.493 e. The maximum absolute atomic E-state index is 6.25. The lowest BCUT2D eigenvalue weighted by Gasteiger charge is -2.10. The molecule has 0 bridgehead atoms. The Balaban J connectivity index is 1.63. The molecule has 1 aliphatic rings. The van der Waals surface area contributed by atoms with E-state index in [1.165, 1.54) is 20.9 Å². The largest absolute Gasteiger partial charge is 0.493 e. The number of aryl methyl sites for hydroxylation is 2. The van der Waals surface area contributed by atoms with Crippen molar-refractivity contribution >= 4 is 11.3 Å². The molecule has 2 heterocycles. The molecule has 0 amide bonds. The van der Waals surface area contributed by atoms with Gasteiger partial charge in [0.15, 0.2) is 0 Å². The molecule has 2 nitrogen and oxygen atoms in total. The summed E-state index contributed by atoms with van der Waals surface area (Å²) >= 11 is 1.81. The minimum absolute atomic E-state index is 0.156. The summed E-state index contributed by atoms with van der Waals surface area (Å²) < 4.78 is 5.53. The fraction of sp³-hybridized carbons (Fsp3) is 0.375. The van der Waals surface area contributed by atoms with Crippen LogP contribution >= 0.6 is 11.3 Å². The molecule has 2 N–H and O–H groups in total. The van der Waals surface area contributed by atoms with Gasteiger partial charge in [-0.3, -0.25) is 0 Å². The third-order valence-electron chi connectivity index (χ3n) is 3.62. The van der Waals surface area contributed by atoms with Crippen LogP contribution in [0, 0.1) is 6.92 Å². The zero-order valence-electron chi connectivity index (χ0n) is 11.2. The van der Waals surface area contributed by atoms with Crippen LogP contribution in [0.5, 0.6) is 5.75 Å². The predicted molar refractivity (Wildman–Crippen MR) is 79.9 cm³/mol. The fourth-order valence-corrected chi connectivity index (χ4v) is 3.43. The maximum Gasteiger partial charge on any atom is 0.122 e. The Morgan fingerprint density at radius 3 is 3.00 bits per heavy atom. The van der Waals surface area contributed by atoms with Crippen molar-refractivity contribution in [2.75, 3.05) is 6.61 Å². The summed E-state index contributed by atoms with van der Waals surface area (Å²) in [6.45, 7) is 2.95. The fourth-order valence-electron chi connectivity index (χ4n) is 2.51. The van der Waals surface area contributed by atoms with Crippen LogP contribution in [0.4, 0.5) is 0 Å². The van der Waals surface area contributed by atoms with Gasteiger partial charge in [-0.15, -0.1) is 11.3 Å². The Kier molecular flexibility index (Phi) is 3.58. The van der Waals surface area contributed by atoms with Gasteiger partial charge in [-0.2, -0.15) is 0 Å². The summed E-state index contributed by atoms with van der Waals surface area (Å²) in [7, 11) is 0. The molecule has 0 spiro atoms. The number of thiophene rings is 1. The average Bonchev–Trinajstić information content (AvgIpc) is 3.03. The highest BCUT2D eigenvalue weighted by atomic mass is 32.1. The summed E-state index contributed by atoms with van der Waals surface area (Å²) in [5.41, 5.74) is 8.97. The van der Waals surface area contributed by atoms with Crippen molar-refractivity contribution in [2.24, 2.45) is 5.73 Å². The smallest absolute Gasteiger partial charge is 0.122 e.